The molecule has 0 amide bonds. The minimum Gasteiger partial charge on any atom is -0.207 e. The predicted octanol–water partition coefficient (Wildman–Crippen LogP) is 3.36. The molecule has 0 radical (unpaired) electrons. The van der Waals surface area contributed by atoms with E-state index in [-0.39, 0.29) is 4.90 Å². The number of benzene rings is 1. The van der Waals surface area contributed by atoms with Gasteiger partial charge in [-0.15, -0.1) is 6.42 Å². The first-order valence-electron chi connectivity index (χ1n) is 7.39. The van der Waals surface area contributed by atoms with Crippen molar-refractivity contribution in [2.75, 3.05) is 0 Å². The van der Waals surface area contributed by atoms with Gasteiger partial charge >= 0.3 is 0 Å². The van der Waals surface area contributed by atoms with Gasteiger partial charge in [0, 0.05) is 0 Å². The van der Waals surface area contributed by atoms with Gasteiger partial charge in [0.15, 0.2) is 0 Å². The zero-order valence-corrected chi connectivity index (χ0v) is 14.1. The fourth-order valence-electron chi connectivity index (χ4n) is 2.22. The first-order valence-corrected chi connectivity index (χ1v) is 8.87. The standard InChI is InChI=1S/C17H25NO2S/c1-6-17(7-2,8-3)18-21(19,20)16-11-9-15(10-12-16)13-14(4)5/h1,9-12,14,18H,7-8,13H2,2-5H3. The third-order valence-corrected chi connectivity index (χ3v) is 5.24. The van der Waals surface area contributed by atoms with Crippen molar-refractivity contribution in [3.05, 3.63) is 29.8 Å². The van der Waals surface area contributed by atoms with Crippen LogP contribution >= 0.6 is 0 Å². The molecule has 0 saturated heterocycles. The lowest BCUT2D eigenvalue weighted by Crippen LogP contribution is -2.46. The van der Waals surface area contributed by atoms with Crippen molar-refractivity contribution in [3.63, 3.8) is 0 Å². The van der Waals surface area contributed by atoms with E-state index in [0.29, 0.717) is 18.8 Å². The number of hydrogen-bond donors (Lipinski definition) is 1. The summed E-state index contributed by atoms with van der Waals surface area (Å²) in [6.07, 6.45) is 7.57. The summed E-state index contributed by atoms with van der Waals surface area (Å²) in [6, 6.07) is 7.02. The Morgan fingerprint density at radius 2 is 1.71 bits per heavy atom. The summed E-state index contributed by atoms with van der Waals surface area (Å²) in [7, 11) is -3.59. The predicted molar refractivity (Wildman–Crippen MR) is 87.5 cm³/mol. The first kappa shape index (κ1) is 17.7. The maximum Gasteiger partial charge on any atom is 0.241 e. The highest BCUT2D eigenvalue weighted by Gasteiger charge is 2.30. The molecule has 0 bridgehead atoms. The van der Waals surface area contributed by atoms with Crippen molar-refractivity contribution >= 4 is 10.0 Å². The molecule has 0 heterocycles. The van der Waals surface area contributed by atoms with E-state index in [1.807, 2.05) is 26.0 Å². The van der Waals surface area contributed by atoms with Crippen LogP contribution in [0.15, 0.2) is 29.2 Å². The van der Waals surface area contributed by atoms with Crippen LogP contribution in [0.2, 0.25) is 0 Å². The van der Waals surface area contributed by atoms with Gasteiger partial charge in [-0.25, -0.2) is 8.42 Å². The van der Waals surface area contributed by atoms with Crippen LogP contribution in [-0.2, 0) is 16.4 Å². The van der Waals surface area contributed by atoms with Crippen molar-refractivity contribution < 1.29 is 8.42 Å². The number of sulfonamides is 1. The smallest absolute Gasteiger partial charge is 0.207 e. The van der Waals surface area contributed by atoms with Gasteiger partial charge in [-0.2, -0.15) is 4.72 Å². The van der Waals surface area contributed by atoms with Crippen LogP contribution < -0.4 is 4.72 Å². The van der Waals surface area contributed by atoms with E-state index in [2.05, 4.69) is 24.5 Å². The lowest BCUT2D eigenvalue weighted by Gasteiger charge is -2.26. The molecular formula is C17H25NO2S. The third kappa shape index (κ3) is 4.59. The van der Waals surface area contributed by atoms with E-state index in [1.54, 1.807) is 12.1 Å². The molecule has 0 atom stereocenters. The van der Waals surface area contributed by atoms with Crippen molar-refractivity contribution in [2.45, 2.75) is 57.4 Å². The fourth-order valence-corrected chi connectivity index (χ4v) is 3.69. The topological polar surface area (TPSA) is 46.2 Å². The van der Waals surface area contributed by atoms with Gasteiger partial charge < -0.3 is 0 Å². The summed E-state index contributed by atoms with van der Waals surface area (Å²) in [5, 5.41) is 0. The van der Waals surface area contributed by atoms with Crippen molar-refractivity contribution in [3.8, 4) is 12.3 Å². The summed E-state index contributed by atoms with van der Waals surface area (Å²) in [5.74, 6) is 3.13. The lowest BCUT2D eigenvalue weighted by atomic mass is 9.96. The normalized spacial score (nSPS) is 12.4. The van der Waals surface area contributed by atoms with Gasteiger partial charge in [-0.1, -0.05) is 45.7 Å². The summed E-state index contributed by atoms with van der Waals surface area (Å²) in [5.41, 5.74) is 0.327. The highest BCUT2D eigenvalue weighted by molar-refractivity contribution is 7.89. The quantitative estimate of drug-likeness (QED) is 0.785. The van der Waals surface area contributed by atoms with Gasteiger partial charge in [0.1, 0.15) is 0 Å². The van der Waals surface area contributed by atoms with E-state index < -0.39 is 15.6 Å². The zero-order valence-electron chi connectivity index (χ0n) is 13.3. The highest BCUT2D eigenvalue weighted by atomic mass is 32.2. The van der Waals surface area contributed by atoms with Gasteiger partial charge in [0.25, 0.3) is 0 Å². The molecule has 1 N–H and O–H groups in total. The lowest BCUT2D eigenvalue weighted by molar-refractivity contribution is 0.451. The monoisotopic (exact) mass is 307 g/mol. The molecule has 0 fully saturated rings. The van der Waals surface area contributed by atoms with E-state index in [9.17, 15) is 8.42 Å². The number of rotatable bonds is 7. The summed E-state index contributed by atoms with van der Waals surface area (Å²) in [6.45, 7) is 8.04. The Kier molecular flexibility index (Phi) is 6.00. The van der Waals surface area contributed by atoms with Gasteiger partial charge in [-0.05, 0) is 42.9 Å². The Bertz CT molecular complexity index is 591. The molecule has 1 rings (SSSR count). The molecule has 1 aromatic rings. The average molecular weight is 307 g/mol. The minimum atomic E-state index is -3.59. The largest absolute Gasteiger partial charge is 0.241 e. The molecule has 4 heteroatoms. The second-order valence-electron chi connectivity index (χ2n) is 5.78. The summed E-state index contributed by atoms with van der Waals surface area (Å²) < 4.78 is 27.6. The van der Waals surface area contributed by atoms with Crippen LogP contribution in [0.1, 0.15) is 46.1 Å². The number of nitrogens with one attached hydrogen (secondary N) is 1. The fraction of sp³-hybridized carbons (Fsp3) is 0.529. The Balaban J connectivity index is 3.01. The molecule has 0 saturated carbocycles. The Labute approximate surface area is 129 Å². The van der Waals surface area contributed by atoms with Crippen LogP contribution in [0.3, 0.4) is 0 Å². The Morgan fingerprint density at radius 1 is 1.19 bits per heavy atom. The van der Waals surface area contributed by atoms with Crippen molar-refractivity contribution in [1.29, 1.82) is 0 Å². The summed E-state index contributed by atoms with van der Waals surface area (Å²) >= 11 is 0. The maximum atomic E-state index is 12.5. The van der Waals surface area contributed by atoms with Gasteiger partial charge in [-0.3, -0.25) is 0 Å². The second kappa shape index (κ2) is 7.11. The van der Waals surface area contributed by atoms with Crippen molar-refractivity contribution in [2.24, 2.45) is 5.92 Å². The second-order valence-corrected chi connectivity index (χ2v) is 7.46. The van der Waals surface area contributed by atoms with Crippen LogP contribution in [0.25, 0.3) is 0 Å². The van der Waals surface area contributed by atoms with Crippen LogP contribution in [0, 0.1) is 18.3 Å². The molecule has 0 aliphatic rings. The average Bonchev–Trinajstić information content (AvgIpc) is 2.45. The van der Waals surface area contributed by atoms with Crippen LogP contribution in [-0.4, -0.2) is 14.0 Å². The molecule has 0 unspecified atom stereocenters. The minimum absolute atomic E-state index is 0.261. The number of terminal acetylenes is 1. The van der Waals surface area contributed by atoms with Crippen molar-refractivity contribution in [1.82, 2.24) is 4.72 Å². The highest BCUT2D eigenvalue weighted by Crippen LogP contribution is 2.20. The molecule has 0 spiro atoms. The maximum absolute atomic E-state index is 12.5. The third-order valence-electron chi connectivity index (χ3n) is 3.69. The van der Waals surface area contributed by atoms with Crippen LogP contribution in [0.4, 0.5) is 0 Å². The SMILES string of the molecule is C#CC(CC)(CC)NS(=O)(=O)c1ccc(CC(C)C)cc1. The van der Waals surface area contributed by atoms with E-state index >= 15 is 0 Å². The van der Waals surface area contributed by atoms with Gasteiger partial charge in [0.2, 0.25) is 10.0 Å². The number of hydrogen-bond acceptors (Lipinski definition) is 2. The Morgan fingerprint density at radius 3 is 2.10 bits per heavy atom. The van der Waals surface area contributed by atoms with Crippen LogP contribution in [0.5, 0.6) is 0 Å². The molecule has 0 aliphatic heterocycles. The molecule has 0 aromatic heterocycles. The molecule has 3 nitrogen and oxygen atoms in total. The zero-order chi connectivity index (χ0) is 16.1. The Hall–Kier alpha value is -1.31. The van der Waals surface area contributed by atoms with E-state index in [0.717, 1.165) is 12.0 Å². The molecule has 116 valence electrons. The van der Waals surface area contributed by atoms with E-state index in [4.69, 9.17) is 6.42 Å². The summed E-state index contributed by atoms with van der Waals surface area (Å²) in [4.78, 5) is 0.261. The molecule has 1 aromatic carbocycles. The first-order chi connectivity index (χ1) is 9.78. The van der Waals surface area contributed by atoms with Gasteiger partial charge in [0.05, 0.1) is 10.4 Å². The molecular weight excluding hydrogens is 282 g/mol. The molecule has 21 heavy (non-hydrogen) atoms. The molecule has 0 aliphatic carbocycles. The van der Waals surface area contributed by atoms with E-state index in [1.165, 1.54) is 0 Å².